The maximum Gasteiger partial charge on any atom is 0.226 e. The Balaban J connectivity index is 2.47. The van der Waals surface area contributed by atoms with Gasteiger partial charge < -0.3 is 15.5 Å². The van der Waals surface area contributed by atoms with E-state index < -0.39 is 0 Å². The first-order chi connectivity index (χ1) is 10.4. The topological polar surface area (TPSA) is 78.5 Å². The number of carbonyl (C=O) groups is 3. The smallest absolute Gasteiger partial charge is 0.226 e. The van der Waals surface area contributed by atoms with E-state index in [0.29, 0.717) is 24.5 Å². The van der Waals surface area contributed by atoms with Gasteiger partial charge in [-0.2, -0.15) is 0 Å². The fraction of sp³-hybridized carbons (Fsp3) is 0.438. The van der Waals surface area contributed by atoms with Crippen molar-refractivity contribution in [2.24, 2.45) is 0 Å². The van der Waals surface area contributed by atoms with Crippen molar-refractivity contribution in [1.29, 1.82) is 0 Å². The van der Waals surface area contributed by atoms with Crippen LogP contribution in [0.4, 0.5) is 11.4 Å². The van der Waals surface area contributed by atoms with Crippen molar-refractivity contribution in [2.45, 2.75) is 33.6 Å². The monoisotopic (exact) mass is 305 g/mol. The fourth-order valence-corrected chi connectivity index (χ4v) is 2.00. The Morgan fingerprint density at radius 2 is 1.50 bits per heavy atom. The SMILES string of the molecule is CCCN(CCC(=O)Nc1ccc(NC(C)=O)cc1)C(C)=O. The van der Waals surface area contributed by atoms with Gasteiger partial charge in [-0.3, -0.25) is 14.4 Å². The molecule has 0 spiro atoms. The largest absolute Gasteiger partial charge is 0.342 e. The van der Waals surface area contributed by atoms with Gasteiger partial charge in [0.25, 0.3) is 0 Å². The van der Waals surface area contributed by atoms with Gasteiger partial charge in [0, 0.05) is 44.7 Å². The zero-order chi connectivity index (χ0) is 16.5. The van der Waals surface area contributed by atoms with Crippen molar-refractivity contribution < 1.29 is 14.4 Å². The van der Waals surface area contributed by atoms with Crippen LogP contribution in [0, 0.1) is 0 Å². The third kappa shape index (κ3) is 6.39. The van der Waals surface area contributed by atoms with Crippen molar-refractivity contribution in [3.8, 4) is 0 Å². The molecule has 6 heteroatoms. The summed E-state index contributed by atoms with van der Waals surface area (Å²) in [5.74, 6) is -0.305. The molecule has 0 heterocycles. The minimum Gasteiger partial charge on any atom is -0.342 e. The first-order valence-corrected chi connectivity index (χ1v) is 7.35. The molecular formula is C16H23N3O3. The molecule has 0 saturated carbocycles. The number of amides is 3. The first-order valence-electron chi connectivity index (χ1n) is 7.35. The fourth-order valence-electron chi connectivity index (χ4n) is 2.00. The lowest BCUT2D eigenvalue weighted by Crippen LogP contribution is -2.32. The Bertz CT molecular complexity index is 526. The van der Waals surface area contributed by atoms with E-state index in [1.54, 1.807) is 29.2 Å². The normalized spacial score (nSPS) is 9.95. The number of carbonyl (C=O) groups excluding carboxylic acids is 3. The van der Waals surface area contributed by atoms with Gasteiger partial charge in [-0.05, 0) is 30.7 Å². The molecule has 3 amide bonds. The van der Waals surface area contributed by atoms with Crippen LogP contribution in [0.1, 0.15) is 33.6 Å². The van der Waals surface area contributed by atoms with Crippen LogP contribution in [0.2, 0.25) is 0 Å². The van der Waals surface area contributed by atoms with E-state index in [1.165, 1.54) is 13.8 Å². The first kappa shape index (κ1) is 17.7. The number of hydrogen-bond acceptors (Lipinski definition) is 3. The average molecular weight is 305 g/mol. The van der Waals surface area contributed by atoms with Crippen LogP contribution in [0.15, 0.2) is 24.3 Å². The van der Waals surface area contributed by atoms with Crippen molar-refractivity contribution in [2.75, 3.05) is 23.7 Å². The lowest BCUT2D eigenvalue weighted by Gasteiger charge is -2.19. The number of benzene rings is 1. The van der Waals surface area contributed by atoms with E-state index in [4.69, 9.17) is 0 Å². The minimum absolute atomic E-state index is 0.0192. The van der Waals surface area contributed by atoms with Crippen LogP contribution in [0.5, 0.6) is 0 Å². The van der Waals surface area contributed by atoms with Gasteiger partial charge in [0.2, 0.25) is 17.7 Å². The standard InChI is InChI=1S/C16H23N3O3/c1-4-10-19(13(3)21)11-9-16(22)18-15-7-5-14(6-8-15)17-12(2)20/h5-8H,4,9-11H2,1-3H3,(H,17,20)(H,18,22). The molecule has 0 bridgehead atoms. The van der Waals surface area contributed by atoms with Gasteiger partial charge in [-0.25, -0.2) is 0 Å². The van der Waals surface area contributed by atoms with E-state index in [9.17, 15) is 14.4 Å². The molecule has 22 heavy (non-hydrogen) atoms. The molecule has 0 saturated heterocycles. The summed E-state index contributed by atoms with van der Waals surface area (Å²) in [6.45, 7) is 6.01. The molecule has 1 aromatic carbocycles. The van der Waals surface area contributed by atoms with E-state index in [1.807, 2.05) is 6.92 Å². The van der Waals surface area contributed by atoms with Crippen LogP contribution in [0.3, 0.4) is 0 Å². The summed E-state index contributed by atoms with van der Waals surface area (Å²) in [6, 6.07) is 6.88. The molecule has 1 rings (SSSR count). The molecule has 0 aromatic heterocycles. The van der Waals surface area contributed by atoms with Gasteiger partial charge in [0.1, 0.15) is 0 Å². The number of nitrogens with one attached hydrogen (secondary N) is 2. The van der Waals surface area contributed by atoms with Crippen molar-refractivity contribution in [3.05, 3.63) is 24.3 Å². The molecule has 1 aromatic rings. The predicted molar refractivity (Wildman–Crippen MR) is 86.5 cm³/mol. The van der Waals surface area contributed by atoms with Crippen LogP contribution >= 0.6 is 0 Å². The van der Waals surface area contributed by atoms with E-state index in [-0.39, 0.29) is 24.1 Å². The zero-order valence-corrected chi connectivity index (χ0v) is 13.3. The summed E-state index contributed by atoms with van der Waals surface area (Å²) < 4.78 is 0. The Morgan fingerprint density at radius 1 is 0.955 bits per heavy atom. The summed E-state index contributed by atoms with van der Waals surface area (Å²) >= 11 is 0. The Morgan fingerprint density at radius 3 is 1.95 bits per heavy atom. The number of anilines is 2. The van der Waals surface area contributed by atoms with Crippen LogP contribution in [0.25, 0.3) is 0 Å². The summed E-state index contributed by atoms with van der Waals surface area (Å²) in [7, 11) is 0. The highest BCUT2D eigenvalue weighted by Gasteiger charge is 2.10. The molecule has 0 aliphatic carbocycles. The Kier molecular flexibility index (Phi) is 7.08. The van der Waals surface area contributed by atoms with Crippen molar-refractivity contribution in [3.63, 3.8) is 0 Å². The highest BCUT2D eigenvalue weighted by Crippen LogP contribution is 2.13. The molecule has 0 fully saturated rings. The van der Waals surface area contributed by atoms with Gasteiger partial charge in [0.15, 0.2) is 0 Å². The third-order valence-corrected chi connectivity index (χ3v) is 3.04. The van der Waals surface area contributed by atoms with Crippen LogP contribution in [-0.4, -0.2) is 35.7 Å². The molecule has 0 aliphatic heterocycles. The lowest BCUT2D eigenvalue weighted by molar-refractivity contribution is -0.129. The molecule has 2 N–H and O–H groups in total. The molecule has 6 nitrogen and oxygen atoms in total. The Hall–Kier alpha value is -2.37. The zero-order valence-electron chi connectivity index (χ0n) is 13.3. The van der Waals surface area contributed by atoms with Gasteiger partial charge in [0.05, 0.1) is 0 Å². The van der Waals surface area contributed by atoms with Gasteiger partial charge >= 0.3 is 0 Å². The second-order valence-electron chi connectivity index (χ2n) is 5.06. The number of rotatable bonds is 7. The van der Waals surface area contributed by atoms with E-state index in [2.05, 4.69) is 10.6 Å². The summed E-state index contributed by atoms with van der Waals surface area (Å²) in [6.07, 6.45) is 1.12. The maximum atomic E-state index is 11.9. The quantitative estimate of drug-likeness (QED) is 0.811. The van der Waals surface area contributed by atoms with Crippen LogP contribution < -0.4 is 10.6 Å². The average Bonchev–Trinajstić information content (AvgIpc) is 2.44. The second kappa shape index (κ2) is 8.81. The van der Waals surface area contributed by atoms with Crippen molar-refractivity contribution in [1.82, 2.24) is 4.90 Å². The predicted octanol–water partition coefficient (Wildman–Crippen LogP) is 2.23. The molecule has 0 aliphatic rings. The highest BCUT2D eigenvalue weighted by molar-refractivity contribution is 5.92. The highest BCUT2D eigenvalue weighted by atomic mass is 16.2. The summed E-state index contributed by atoms with van der Waals surface area (Å²) in [4.78, 5) is 35.9. The van der Waals surface area contributed by atoms with Gasteiger partial charge in [-0.1, -0.05) is 6.92 Å². The van der Waals surface area contributed by atoms with Gasteiger partial charge in [-0.15, -0.1) is 0 Å². The van der Waals surface area contributed by atoms with Crippen molar-refractivity contribution >= 4 is 29.1 Å². The van der Waals surface area contributed by atoms with E-state index in [0.717, 1.165) is 6.42 Å². The number of hydrogen-bond donors (Lipinski definition) is 2. The Labute approximate surface area is 130 Å². The summed E-state index contributed by atoms with van der Waals surface area (Å²) in [5.41, 5.74) is 1.33. The molecular weight excluding hydrogens is 282 g/mol. The summed E-state index contributed by atoms with van der Waals surface area (Å²) in [5, 5.41) is 5.43. The number of nitrogens with zero attached hydrogens (tertiary/aromatic N) is 1. The van der Waals surface area contributed by atoms with Crippen LogP contribution in [-0.2, 0) is 14.4 Å². The molecule has 0 atom stereocenters. The van der Waals surface area contributed by atoms with E-state index >= 15 is 0 Å². The molecule has 120 valence electrons. The lowest BCUT2D eigenvalue weighted by atomic mass is 10.2. The third-order valence-electron chi connectivity index (χ3n) is 3.04. The maximum absolute atomic E-state index is 11.9. The second-order valence-corrected chi connectivity index (χ2v) is 5.06. The minimum atomic E-state index is -0.144. The molecule has 0 unspecified atom stereocenters. The molecule has 0 radical (unpaired) electrons.